The van der Waals surface area contributed by atoms with Gasteiger partial charge in [-0.05, 0) is 62.6 Å². The Morgan fingerprint density at radius 2 is 1.97 bits per heavy atom. The van der Waals surface area contributed by atoms with Crippen LogP contribution in [0.15, 0.2) is 53.6 Å². The van der Waals surface area contributed by atoms with Gasteiger partial charge in [-0.3, -0.25) is 4.79 Å². The molecule has 3 aromatic rings. The number of methoxy groups -OCH3 is 1. The zero-order valence-corrected chi connectivity index (χ0v) is 21.3. The smallest absolute Gasteiger partial charge is 0.268 e. The van der Waals surface area contributed by atoms with Gasteiger partial charge in [0.15, 0.2) is 0 Å². The average molecular weight is 514 g/mol. The summed E-state index contributed by atoms with van der Waals surface area (Å²) in [5, 5.41) is 0. The van der Waals surface area contributed by atoms with E-state index in [2.05, 4.69) is 21.6 Å². The number of nitrogens with one attached hydrogen (secondary N) is 1. The van der Waals surface area contributed by atoms with Crippen molar-refractivity contribution in [3.63, 3.8) is 0 Å². The molecule has 190 valence electrons. The number of hydrogen-bond acceptors (Lipinski definition) is 8. The van der Waals surface area contributed by atoms with Crippen molar-refractivity contribution in [2.45, 2.75) is 37.6 Å². The Morgan fingerprint density at radius 1 is 1.22 bits per heavy atom. The number of hydrogen-bond donors (Lipinski definition) is 2. The third-order valence-corrected chi connectivity index (χ3v) is 8.21. The number of sulfonamides is 1. The van der Waals surface area contributed by atoms with Gasteiger partial charge in [-0.2, -0.15) is 0 Å². The van der Waals surface area contributed by atoms with Gasteiger partial charge in [-0.25, -0.2) is 27.5 Å². The van der Waals surface area contributed by atoms with Gasteiger partial charge in [0.2, 0.25) is 0 Å². The average Bonchev–Trinajstić information content (AvgIpc) is 3.10. The number of anilines is 2. The van der Waals surface area contributed by atoms with Crippen molar-refractivity contribution < 1.29 is 22.3 Å². The number of pyridine rings is 2. The summed E-state index contributed by atoms with van der Waals surface area (Å²) in [6, 6.07) is 10.0. The molecule has 11 heteroatoms. The second-order valence-corrected chi connectivity index (χ2v) is 10.9. The molecule has 9 nitrogen and oxygen atoms in total. The van der Waals surface area contributed by atoms with E-state index < -0.39 is 27.3 Å². The van der Waals surface area contributed by atoms with Crippen LogP contribution in [-0.4, -0.2) is 43.5 Å². The molecule has 1 aromatic carbocycles. The van der Waals surface area contributed by atoms with Gasteiger partial charge in [-0.1, -0.05) is 13.0 Å². The lowest BCUT2D eigenvalue weighted by Gasteiger charge is -2.36. The molecule has 0 saturated carbocycles. The molecular weight excluding hydrogens is 485 g/mol. The first-order valence-corrected chi connectivity index (χ1v) is 12.8. The van der Waals surface area contributed by atoms with E-state index in [1.54, 1.807) is 6.07 Å². The molecule has 3 N–H and O–H groups in total. The van der Waals surface area contributed by atoms with Crippen LogP contribution in [0.1, 0.15) is 37.6 Å². The Bertz CT molecular complexity index is 1430. The van der Waals surface area contributed by atoms with Crippen molar-refractivity contribution in [1.29, 1.82) is 0 Å². The molecule has 1 saturated heterocycles. The predicted molar refractivity (Wildman–Crippen MR) is 135 cm³/mol. The first kappa shape index (κ1) is 25.4. The molecule has 0 aliphatic carbocycles. The molecule has 0 radical (unpaired) electrons. The van der Waals surface area contributed by atoms with Crippen LogP contribution in [0.25, 0.3) is 11.3 Å². The van der Waals surface area contributed by atoms with Gasteiger partial charge < -0.3 is 15.4 Å². The molecule has 4 rings (SSSR count). The largest absolute Gasteiger partial charge is 0.496 e. The highest BCUT2D eigenvalue weighted by molar-refractivity contribution is 7.90. The summed E-state index contributed by atoms with van der Waals surface area (Å²) < 4.78 is 48.1. The van der Waals surface area contributed by atoms with Gasteiger partial charge in [0, 0.05) is 18.3 Å². The zero-order valence-electron chi connectivity index (χ0n) is 20.4. The summed E-state index contributed by atoms with van der Waals surface area (Å²) in [4.78, 5) is 23.4. The Morgan fingerprint density at radius 3 is 2.61 bits per heavy atom. The fraction of sp³-hybridized carbons (Fsp3) is 0.320. The number of aromatic nitrogens is 2. The molecular formula is C25H28FN5O4S. The maximum Gasteiger partial charge on any atom is 0.268 e. The fourth-order valence-electron chi connectivity index (χ4n) is 4.36. The number of nitrogens with zero attached hydrogens (tertiary/aromatic N) is 3. The number of nitrogens with two attached hydrogens (primary N) is 1. The van der Waals surface area contributed by atoms with Crippen molar-refractivity contribution in [3.8, 4) is 17.0 Å². The Labute approximate surface area is 209 Å². The topological polar surface area (TPSA) is 128 Å². The number of carbonyl (C=O) groups excluding carboxylic acids is 1. The summed E-state index contributed by atoms with van der Waals surface area (Å²) in [5.41, 5.74) is 5.75. The maximum absolute atomic E-state index is 14.8. The Kier molecular flexibility index (Phi) is 6.61. The van der Waals surface area contributed by atoms with Crippen LogP contribution in [0.5, 0.6) is 5.75 Å². The third kappa shape index (κ3) is 4.46. The molecule has 2 aromatic heterocycles. The minimum Gasteiger partial charge on any atom is -0.496 e. The molecule has 3 heterocycles. The van der Waals surface area contributed by atoms with Gasteiger partial charge in [-0.15, -0.1) is 0 Å². The number of amides is 1. The number of ether oxygens (including phenoxy) is 1. The summed E-state index contributed by atoms with van der Waals surface area (Å²) in [7, 11) is -2.88. The highest BCUT2D eigenvalue weighted by Crippen LogP contribution is 2.40. The Hall–Kier alpha value is -3.73. The van der Waals surface area contributed by atoms with Gasteiger partial charge in [0.25, 0.3) is 15.9 Å². The summed E-state index contributed by atoms with van der Waals surface area (Å²) in [5.74, 6) is -0.849. The van der Waals surface area contributed by atoms with Crippen molar-refractivity contribution in [2.24, 2.45) is 5.92 Å². The van der Waals surface area contributed by atoms with Crippen LogP contribution in [-0.2, 0) is 10.0 Å². The van der Waals surface area contributed by atoms with Crippen LogP contribution in [0.2, 0.25) is 0 Å². The quantitative estimate of drug-likeness (QED) is 0.512. The molecule has 36 heavy (non-hydrogen) atoms. The van der Waals surface area contributed by atoms with E-state index in [1.807, 2.05) is 18.7 Å². The highest BCUT2D eigenvalue weighted by atomic mass is 32.2. The van der Waals surface area contributed by atoms with Crippen LogP contribution >= 0.6 is 0 Å². The Balaban J connectivity index is 1.83. The summed E-state index contributed by atoms with van der Waals surface area (Å²) in [6.45, 7) is 6.73. The van der Waals surface area contributed by atoms with Crippen LogP contribution in [0.3, 0.4) is 0 Å². The maximum atomic E-state index is 14.8. The fourth-order valence-corrected chi connectivity index (χ4v) is 5.41. The van der Waals surface area contributed by atoms with E-state index >= 15 is 0 Å². The van der Waals surface area contributed by atoms with Gasteiger partial charge >= 0.3 is 0 Å². The molecule has 1 amide bonds. The highest BCUT2D eigenvalue weighted by Gasteiger charge is 2.41. The van der Waals surface area contributed by atoms with Gasteiger partial charge in [0.05, 0.1) is 23.9 Å². The van der Waals surface area contributed by atoms with Gasteiger partial charge in [0.1, 0.15) is 28.1 Å². The van der Waals surface area contributed by atoms with E-state index in [9.17, 15) is 17.6 Å². The molecule has 1 fully saturated rings. The van der Waals surface area contributed by atoms with E-state index in [1.165, 1.54) is 49.7 Å². The second kappa shape index (κ2) is 9.38. The normalized spacial score (nSPS) is 17.1. The van der Waals surface area contributed by atoms with E-state index in [4.69, 9.17) is 10.5 Å². The third-order valence-electron chi connectivity index (χ3n) is 6.83. The lowest BCUT2D eigenvalue weighted by molar-refractivity contribution is 0.0981. The lowest BCUT2D eigenvalue weighted by Crippen LogP contribution is -2.43. The monoisotopic (exact) mass is 513 g/mol. The standard InChI is InChI=1S/C25H28FN5O4S/c1-15-12-14-31(25(15,2)3)23-16(24(32)30-36(33,34)20-9-6-13-28-22(20)27)10-11-18(29-23)21-17(26)7-5-8-19(21)35-4/h5-11,13,15H,12,14H2,1-4H3,(H2,27,28)(H,30,32). The number of halogens is 1. The number of rotatable bonds is 6. The molecule has 0 spiro atoms. The van der Waals surface area contributed by atoms with E-state index in [0.717, 1.165) is 6.42 Å². The number of benzene rings is 1. The van der Waals surface area contributed by atoms with E-state index in [0.29, 0.717) is 6.54 Å². The van der Waals surface area contributed by atoms with E-state index in [-0.39, 0.29) is 45.0 Å². The lowest BCUT2D eigenvalue weighted by atomic mass is 9.90. The van der Waals surface area contributed by atoms with Crippen LogP contribution in [0, 0.1) is 11.7 Å². The predicted octanol–water partition coefficient (Wildman–Crippen LogP) is 3.62. The van der Waals surface area contributed by atoms with Crippen molar-refractivity contribution in [2.75, 3.05) is 24.3 Å². The zero-order chi connectivity index (χ0) is 26.3. The number of carbonyl (C=O) groups is 1. The first-order valence-electron chi connectivity index (χ1n) is 11.4. The van der Waals surface area contributed by atoms with Crippen molar-refractivity contribution in [3.05, 3.63) is 60.0 Å². The van der Waals surface area contributed by atoms with Crippen molar-refractivity contribution >= 4 is 27.6 Å². The molecule has 1 atom stereocenters. The summed E-state index contributed by atoms with van der Waals surface area (Å²) in [6.07, 6.45) is 2.19. The molecule has 0 bridgehead atoms. The van der Waals surface area contributed by atoms with Crippen LogP contribution in [0.4, 0.5) is 16.0 Å². The van der Waals surface area contributed by atoms with Crippen LogP contribution < -0.4 is 20.1 Å². The van der Waals surface area contributed by atoms with Crippen molar-refractivity contribution in [1.82, 2.24) is 14.7 Å². The SMILES string of the molecule is COc1cccc(F)c1-c1ccc(C(=O)NS(=O)(=O)c2cccnc2N)c(N2CCC(C)C2(C)C)n1. The molecule has 1 aliphatic rings. The molecule has 1 aliphatic heterocycles. The number of nitrogen functional groups attached to an aromatic ring is 1. The summed E-state index contributed by atoms with van der Waals surface area (Å²) >= 11 is 0. The minimum absolute atomic E-state index is 0.0299. The molecule has 1 unspecified atom stereocenters. The first-order chi connectivity index (χ1) is 17.0. The minimum atomic E-state index is -4.31. The second-order valence-electron chi connectivity index (χ2n) is 9.20.